The van der Waals surface area contributed by atoms with Crippen molar-refractivity contribution in [2.75, 3.05) is 52.9 Å². The van der Waals surface area contributed by atoms with Crippen molar-refractivity contribution in [3.05, 3.63) is 145 Å². The molecule has 13 nitrogen and oxygen atoms in total. The van der Waals surface area contributed by atoms with Crippen LogP contribution >= 0.6 is 0 Å². The molecule has 0 fully saturated rings. The van der Waals surface area contributed by atoms with E-state index in [2.05, 4.69) is 156 Å². The lowest BCUT2D eigenvalue weighted by atomic mass is 9.80. The highest BCUT2D eigenvalue weighted by atomic mass is 16.6. The Bertz CT molecular complexity index is 3030. The van der Waals surface area contributed by atoms with Crippen LogP contribution in [-0.2, 0) is 86.5 Å². The predicted octanol–water partition coefficient (Wildman–Crippen LogP) is 16.3. The number of esters is 4. The predicted molar refractivity (Wildman–Crippen MR) is 353 cm³/mol. The van der Waals surface area contributed by atoms with Crippen LogP contribution < -0.4 is 23.7 Å². The zero-order valence-corrected chi connectivity index (χ0v) is 56.8. The van der Waals surface area contributed by atoms with Crippen molar-refractivity contribution in [2.24, 2.45) is 0 Å². The fourth-order valence-electron chi connectivity index (χ4n) is 11.4. The lowest BCUT2D eigenvalue weighted by molar-refractivity contribution is -0.146. The Hall–Kier alpha value is -7.02. The lowest BCUT2D eigenvalue weighted by Gasteiger charge is -2.28. The van der Waals surface area contributed by atoms with E-state index in [0.29, 0.717) is 29.4 Å². The van der Waals surface area contributed by atoms with E-state index in [-0.39, 0.29) is 100 Å². The largest absolute Gasteiger partial charge is 0.488 e. The SMILES string of the molecule is CCCCCCCCCCC(C)(C)Oc1ccc(Cc2cc3c(OCC(=O)OCC)c(c2)Cc2cc(C(C)(C)C)cc(c2OCC(=O)OCC)Cc2cc(C(C)(C)C)cc(c2OCC(=O)OCC)Cc2cc(C(C)(C)C)cc(c2OCC(=O)OCC)C3)cc1. The summed E-state index contributed by atoms with van der Waals surface area (Å²) in [5.41, 5.74) is 9.72. The van der Waals surface area contributed by atoms with E-state index in [9.17, 15) is 19.2 Å². The summed E-state index contributed by atoms with van der Waals surface area (Å²) in [5, 5.41) is 0. The molecule has 13 heteroatoms. The van der Waals surface area contributed by atoms with Gasteiger partial charge < -0.3 is 42.6 Å². The van der Waals surface area contributed by atoms with Gasteiger partial charge in [0.1, 0.15) is 34.3 Å². The van der Waals surface area contributed by atoms with Crippen LogP contribution in [0.2, 0.25) is 0 Å². The van der Waals surface area contributed by atoms with Crippen molar-refractivity contribution in [2.45, 2.75) is 223 Å². The molecule has 1 aliphatic rings. The number of fused-ring (bicyclic) bond motifs is 8. The van der Waals surface area contributed by atoms with Crippen molar-refractivity contribution in [1.29, 1.82) is 0 Å². The Labute approximate surface area is 532 Å². The molecule has 0 aliphatic heterocycles. The minimum atomic E-state index is -0.526. The zero-order valence-electron chi connectivity index (χ0n) is 56.8. The quantitative estimate of drug-likeness (QED) is 0.0249. The third-order valence-electron chi connectivity index (χ3n) is 16.1. The lowest BCUT2D eigenvalue weighted by Crippen LogP contribution is -2.28. The third-order valence-corrected chi connectivity index (χ3v) is 16.1. The van der Waals surface area contributed by atoms with Crippen LogP contribution in [0.5, 0.6) is 28.7 Å². The van der Waals surface area contributed by atoms with Gasteiger partial charge in [-0.2, -0.15) is 0 Å². The molecule has 89 heavy (non-hydrogen) atoms. The molecular weight excluding hydrogens is 1120 g/mol. The molecule has 0 unspecified atom stereocenters. The van der Waals surface area contributed by atoms with Gasteiger partial charge in [-0.05, 0) is 162 Å². The Balaban J connectivity index is 1.67. The summed E-state index contributed by atoms with van der Waals surface area (Å²) < 4.78 is 55.7. The van der Waals surface area contributed by atoms with Crippen LogP contribution in [0, 0.1) is 0 Å². The van der Waals surface area contributed by atoms with Crippen LogP contribution in [0.25, 0.3) is 0 Å². The third kappa shape index (κ3) is 21.6. The molecule has 6 rings (SSSR count). The topological polar surface area (TPSA) is 151 Å². The molecular formula is C76H104O13. The zero-order chi connectivity index (χ0) is 65.1. The maximum Gasteiger partial charge on any atom is 0.344 e. The molecule has 0 heterocycles. The Morgan fingerprint density at radius 1 is 0.360 bits per heavy atom. The number of hydrogen-bond donors (Lipinski definition) is 0. The highest BCUT2D eigenvalue weighted by molar-refractivity contribution is 5.73. The molecule has 5 aromatic rings. The molecule has 0 saturated heterocycles. The molecule has 5 aromatic carbocycles. The van der Waals surface area contributed by atoms with E-state index in [4.69, 9.17) is 42.6 Å². The van der Waals surface area contributed by atoms with Crippen LogP contribution in [-0.4, -0.2) is 82.3 Å². The average molecular weight is 1230 g/mol. The molecule has 0 amide bonds. The van der Waals surface area contributed by atoms with Gasteiger partial charge in [-0.25, -0.2) is 19.2 Å². The summed E-state index contributed by atoms with van der Waals surface area (Å²) in [6, 6.07) is 25.4. The first-order valence-corrected chi connectivity index (χ1v) is 32.7. The monoisotopic (exact) mass is 1220 g/mol. The minimum absolute atomic E-state index is 0.170. The molecule has 0 atom stereocenters. The Morgan fingerprint density at radius 3 is 0.921 bits per heavy atom. The van der Waals surface area contributed by atoms with Gasteiger partial charge in [0.15, 0.2) is 26.4 Å². The van der Waals surface area contributed by atoms with Gasteiger partial charge >= 0.3 is 23.9 Å². The number of unbranched alkanes of at least 4 members (excludes halogenated alkanes) is 7. The van der Waals surface area contributed by atoms with Gasteiger partial charge in [-0.1, -0.05) is 175 Å². The van der Waals surface area contributed by atoms with Gasteiger partial charge in [0, 0.05) is 25.7 Å². The van der Waals surface area contributed by atoms with E-state index in [0.717, 1.165) is 90.9 Å². The van der Waals surface area contributed by atoms with Crippen molar-refractivity contribution in [3.63, 3.8) is 0 Å². The second kappa shape index (κ2) is 32.6. The average Bonchev–Trinajstić information content (AvgIpc) is 0.839. The summed E-state index contributed by atoms with van der Waals surface area (Å²) in [5.74, 6) is 0.646. The maximum absolute atomic E-state index is 13.5. The van der Waals surface area contributed by atoms with Gasteiger partial charge in [0.05, 0.1) is 26.4 Å². The number of hydrogen-bond acceptors (Lipinski definition) is 13. The van der Waals surface area contributed by atoms with Crippen LogP contribution in [0.15, 0.2) is 72.8 Å². The molecule has 0 saturated carbocycles. The van der Waals surface area contributed by atoms with E-state index in [1.54, 1.807) is 27.7 Å². The summed E-state index contributed by atoms with van der Waals surface area (Å²) in [7, 11) is 0. The van der Waals surface area contributed by atoms with Crippen molar-refractivity contribution >= 4 is 23.9 Å². The minimum Gasteiger partial charge on any atom is -0.488 e. The smallest absolute Gasteiger partial charge is 0.344 e. The molecule has 8 bridgehead atoms. The van der Waals surface area contributed by atoms with Crippen LogP contribution in [0.3, 0.4) is 0 Å². The van der Waals surface area contributed by atoms with E-state index < -0.39 is 23.9 Å². The summed E-state index contributed by atoms with van der Waals surface area (Å²) in [4.78, 5) is 53.8. The van der Waals surface area contributed by atoms with Gasteiger partial charge in [-0.15, -0.1) is 0 Å². The van der Waals surface area contributed by atoms with Crippen molar-refractivity contribution in [1.82, 2.24) is 0 Å². The van der Waals surface area contributed by atoms with Gasteiger partial charge in [0.2, 0.25) is 0 Å². The highest BCUT2D eigenvalue weighted by Gasteiger charge is 2.30. The molecule has 0 aromatic heterocycles. The second-order valence-corrected chi connectivity index (χ2v) is 27.4. The van der Waals surface area contributed by atoms with E-state index >= 15 is 0 Å². The number of rotatable bonds is 29. The van der Waals surface area contributed by atoms with Crippen molar-refractivity contribution in [3.8, 4) is 28.7 Å². The molecule has 486 valence electrons. The molecule has 0 radical (unpaired) electrons. The second-order valence-electron chi connectivity index (χ2n) is 27.4. The normalized spacial score (nSPS) is 12.6. The number of benzene rings is 5. The maximum atomic E-state index is 13.5. The number of ether oxygens (including phenoxy) is 9. The van der Waals surface area contributed by atoms with Gasteiger partial charge in [-0.3, -0.25) is 0 Å². The molecule has 0 spiro atoms. The Kier molecular flexibility index (Phi) is 26.1. The van der Waals surface area contributed by atoms with E-state index in [1.165, 1.54) is 44.9 Å². The van der Waals surface area contributed by atoms with Crippen molar-refractivity contribution < 1.29 is 61.8 Å². The number of carbonyl (C=O) groups excluding carboxylic acids is 4. The highest BCUT2D eigenvalue weighted by Crippen LogP contribution is 2.44. The molecule has 1 aliphatic carbocycles. The summed E-state index contributed by atoms with van der Waals surface area (Å²) in [6.07, 6.45) is 12.5. The first-order chi connectivity index (χ1) is 42.1. The Morgan fingerprint density at radius 2 is 0.640 bits per heavy atom. The fraction of sp³-hybridized carbons (Fsp3) is 0.553. The first kappa shape index (κ1) is 71.1. The van der Waals surface area contributed by atoms with Crippen LogP contribution in [0.4, 0.5) is 0 Å². The van der Waals surface area contributed by atoms with Crippen LogP contribution in [0.1, 0.15) is 241 Å². The summed E-state index contributed by atoms with van der Waals surface area (Å²) >= 11 is 0. The molecule has 0 N–H and O–H groups in total. The first-order valence-electron chi connectivity index (χ1n) is 32.7. The van der Waals surface area contributed by atoms with Gasteiger partial charge in [0.25, 0.3) is 0 Å². The fourth-order valence-corrected chi connectivity index (χ4v) is 11.4. The number of carbonyl (C=O) groups is 4. The standard InChI is InChI=1S/C76H104O13/c1-17-22-23-24-25-26-27-28-33-76(15,16)89-64-31-29-51(30-32-64)34-52-35-53-37-55-41-61(73(6,7)8)43-57(70(55)86-48-66(78)82-19-3)39-59-45-63(75(12,13)14)46-60(72(59)88-50-68(80)84-21-5)40-58-44-62(74(9,10)11)42-56(71(58)87-49-67(79)83-20-4)38-54(36-52)69(53)85-47-65(77)81-18-2/h29-32,35-36,41-46H,17-28,33-34,37-40,47-50H2,1-16H3. The summed E-state index contributed by atoms with van der Waals surface area (Å²) in [6.45, 7) is 32.3. The van der Waals surface area contributed by atoms with E-state index in [1.807, 2.05) is 0 Å².